The van der Waals surface area contributed by atoms with Crippen LogP contribution in [0.2, 0.25) is 0 Å². The molecule has 1 atom stereocenters. The zero-order chi connectivity index (χ0) is 14.7. The fourth-order valence-electron chi connectivity index (χ4n) is 2.49. The molecule has 2 heterocycles. The first kappa shape index (κ1) is 13.7. The second kappa shape index (κ2) is 6.01. The molecule has 0 saturated heterocycles. The summed E-state index contributed by atoms with van der Waals surface area (Å²) in [7, 11) is 0. The summed E-state index contributed by atoms with van der Waals surface area (Å²) in [6.07, 6.45) is 1.65. The molecular formula is C16H18N2O3. The van der Waals surface area contributed by atoms with E-state index in [1.54, 1.807) is 6.26 Å². The van der Waals surface area contributed by atoms with Gasteiger partial charge in [-0.05, 0) is 36.4 Å². The number of rotatable bonds is 4. The lowest BCUT2D eigenvalue weighted by Gasteiger charge is -2.17. The van der Waals surface area contributed by atoms with Crippen molar-refractivity contribution in [3.8, 4) is 5.75 Å². The van der Waals surface area contributed by atoms with Crippen molar-refractivity contribution in [2.45, 2.75) is 13.0 Å². The molecule has 0 aliphatic carbocycles. The predicted octanol–water partition coefficient (Wildman–Crippen LogP) is 2.10. The van der Waals surface area contributed by atoms with Crippen LogP contribution in [-0.2, 0) is 0 Å². The molecule has 1 unspecified atom stereocenters. The topological polar surface area (TPSA) is 63.5 Å². The lowest BCUT2D eigenvalue weighted by atomic mass is 10.0. The molecule has 1 aliphatic heterocycles. The normalized spacial score (nSPS) is 15.6. The zero-order valence-electron chi connectivity index (χ0n) is 11.9. The summed E-state index contributed by atoms with van der Waals surface area (Å²) >= 11 is 0. The van der Waals surface area contributed by atoms with Gasteiger partial charge >= 0.3 is 0 Å². The number of nitrogens with one attached hydrogen (secondary N) is 2. The van der Waals surface area contributed by atoms with Crippen molar-refractivity contribution in [1.82, 2.24) is 10.6 Å². The van der Waals surface area contributed by atoms with Crippen LogP contribution in [0.1, 0.15) is 34.6 Å². The number of furan rings is 1. The van der Waals surface area contributed by atoms with Crippen LogP contribution in [0.5, 0.6) is 5.75 Å². The molecule has 21 heavy (non-hydrogen) atoms. The van der Waals surface area contributed by atoms with Gasteiger partial charge in [0, 0.05) is 0 Å². The monoisotopic (exact) mass is 286 g/mol. The molecule has 0 bridgehead atoms. The highest BCUT2D eigenvalue weighted by Gasteiger charge is 2.21. The van der Waals surface area contributed by atoms with E-state index in [4.69, 9.17) is 9.15 Å². The molecule has 3 rings (SSSR count). The number of hydrogen-bond donors (Lipinski definition) is 2. The number of carbonyl (C=O) groups is 1. The van der Waals surface area contributed by atoms with Crippen molar-refractivity contribution in [2.75, 3.05) is 19.7 Å². The molecule has 1 aromatic carbocycles. The number of amides is 1. The maximum Gasteiger partial charge on any atom is 0.255 e. The van der Waals surface area contributed by atoms with E-state index in [2.05, 4.69) is 10.6 Å². The highest BCUT2D eigenvalue weighted by Crippen LogP contribution is 2.28. The second-order valence-corrected chi connectivity index (χ2v) is 4.87. The minimum absolute atomic E-state index is 0.0775. The first-order valence-electron chi connectivity index (χ1n) is 7.11. The first-order chi connectivity index (χ1) is 10.3. The Balaban J connectivity index is 1.99. The van der Waals surface area contributed by atoms with Gasteiger partial charge in [-0.2, -0.15) is 0 Å². The van der Waals surface area contributed by atoms with E-state index in [0.29, 0.717) is 24.5 Å². The van der Waals surface area contributed by atoms with E-state index in [0.717, 1.165) is 17.9 Å². The van der Waals surface area contributed by atoms with Crippen LogP contribution in [0.15, 0.2) is 41.0 Å². The fraction of sp³-hybridized carbons (Fsp3) is 0.312. The van der Waals surface area contributed by atoms with Crippen LogP contribution >= 0.6 is 0 Å². The van der Waals surface area contributed by atoms with Gasteiger partial charge < -0.3 is 19.8 Å². The highest BCUT2D eigenvalue weighted by atomic mass is 16.5. The van der Waals surface area contributed by atoms with Crippen LogP contribution in [0.4, 0.5) is 0 Å². The van der Waals surface area contributed by atoms with Crippen LogP contribution in [0.25, 0.3) is 0 Å². The minimum Gasteiger partial charge on any atom is -0.491 e. The molecule has 1 amide bonds. The Labute approximate surface area is 123 Å². The summed E-state index contributed by atoms with van der Waals surface area (Å²) in [4.78, 5) is 12.1. The summed E-state index contributed by atoms with van der Waals surface area (Å²) in [5, 5.41) is 6.20. The molecule has 5 nitrogen and oxygen atoms in total. The SMILES string of the molecule is CCNC(c1ccc2c(c1)C(=O)NCCO2)c1ccco1. The Morgan fingerprint density at radius 1 is 1.38 bits per heavy atom. The molecule has 2 N–H and O–H groups in total. The van der Waals surface area contributed by atoms with Crippen LogP contribution in [0, 0.1) is 0 Å². The van der Waals surface area contributed by atoms with Crippen molar-refractivity contribution in [1.29, 1.82) is 0 Å². The van der Waals surface area contributed by atoms with E-state index in [1.807, 2.05) is 37.3 Å². The average molecular weight is 286 g/mol. The number of hydrogen-bond acceptors (Lipinski definition) is 4. The summed E-state index contributed by atoms with van der Waals surface area (Å²) in [5.41, 5.74) is 1.55. The summed E-state index contributed by atoms with van der Waals surface area (Å²) in [5.74, 6) is 1.36. The molecule has 110 valence electrons. The molecule has 0 fully saturated rings. The second-order valence-electron chi connectivity index (χ2n) is 4.87. The van der Waals surface area contributed by atoms with Gasteiger partial charge in [0.2, 0.25) is 0 Å². The molecule has 2 aromatic rings. The average Bonchev–Trinajstić information content (AvgIpc) is 2.96. The van der Waals surface area contributed by atoms with E-state index < -0.39 is 0 Å². The van der Waals surface area contributed by atoms with Gasteiger partial charge in [-0.3, -0.25) is 4.79 Å². The lowest BCUT2D eigenvalue weighted by molar-refractivity contribution is 0.0957. The third-order valence-electron chi connectivity index (χ3n) is 3.46. The van der Waals surface area contributed by atoms with Crippen LogP contribution < -0.4 is 15.4 Å². The molecular weight excluding hydrogens is 268 g/mol. The lowest BCUT2D eigenvalue weighted by Crippen LogP contribution is -2.25. The van der Waals surface area contributed by atoms with Gasteiger partial charge in [0.25, 0.3) is 5.91 Å². The van der Waals surface area contributed by atoms with Crippen molar-refractivity contribution in [3.63, 3.8) is 0 Å². The smallest absolute Gasteiger partial charge is 0.255 e. The molecule has 1 aromatic heterocycles. The van der Waals surface area contributed by atoms with Gasteiger partial charge in [0.05, 0.1) is 24.4 Å². The molecule has 0 spiro atoms. The van der Waals surface area contributed by atoms with Crippen molar-refractivity contribution < 1.29 is 13.9 Å². The maximum absolute atomic E-state index is 12.1. The molecule has 5 heteroatoms. The number of ether oxygens (including phenoxy) is 1. The molecule has 0 radical (unpaired) electrons. The Morgan fingerprint density at radius 2 is 2.29 bits per heavy atom. The van der Waals surface area contributed by atoms with Crippen molar-refractivity contribution in [2.24, 2.45) is 0 Å². The largest absolute Gasteiger partial charge is 0.491 e. The van der Waals surface area contributed by atoms with Crippen molar-refractivity contribution in [3.05, 3.63) is 53.5 Å². The molecule has 0 saturated carbocycles. The number of fused-ring (bicyclic) bond motifs is 1. The molecule has 1 aliphatic rings. The van der Waals surface area contributed by atoms with Gasteiger partial charge in [0.1, 0.15) is 18.1 Å². The predicted molar refractivity (Wildman–Crippen MR) is 78.5 cm³/mol. The van der Waals surface area contributed by atoms with E-state index in [1.165, 1.54) is 0 Å². The summed E-state index contributed by atoms with van der Waals surface area (Å²) in [6.45, 7) is 3.85. The maximum atomic E-state index is 12.1. The Hall–Kier alpha value is -2.27. The summed E-state index contributed by atoms with van der Waals surface area (Å²) in [6, 6.07) is 9.39. The fourth-order valence-corrected chi connectivity index (χ4v) is 2.49. The Kier molecular flexibility index (Phi) is 3.92. The summed E-state index contributed by atoms with van der Waals surface area (Å²) < 4.78 is 11.1. The van der Waals surface area contributed by atoms with Crippen LogP contribution in [-0.4, -0.2) is 25.6 Å². The highest BCUT2D eigenvalue weighted by molar-refractivity contribution is 5.97. The van der Waals surface area contributed by atoms with E-state index >= 15 is 0 Å². The minimum atomic E-state index is -0.0981. The number of benzene rings is 1. The first-order valence-corrected chi connectivity index (χ1v) is 7.11. The van der Waals surface area contributed by atoms with Gasteiger partial charge in [-0.15, -0.1) is 0 Å². The zero-order valence-corrected chi connectivity index (χ0v) is 11.9. The van der Waals surface area contributed by atoms with Gasteiger partial charge in [0.15, 0.2) is 0 Å². The van der Waals surface area contributed by atoms with Crippen molar-refractivity contribution >= 4 is 5.91 Å². The van der Waals surface area contributed by atoms with E-state index in [9.17, 15) is 4.79 Å². The van der Waals surface area contributed by atoms with Crippen LogP contribution in [0.3, 0.4) is 0 Å². The standard InChI is InChI=1S/C16H18N2O3/c1-2-17-15(14-4-3-8-20-14)11-5-6-13-12(10-11)16(19)18-7-9-21-13/h3-6,8,10,15,17H,2,7,9H2,1H3,(H,18,19). The van der Waals surface area contributed by atoms with Gasteiger partial charge in [-0.25, -0.2) is 0 Å². The van der Waals surface area contributed by atoms with E-state index in [-0.39, 0.29) is 11.9 Å². The number of carbonyl (C=O) groups excluding carboxylic acids is 1. The Morgan fingerprint density at radius 3 is 3.05 bits per heavy atom. The quantitative estimate of drug-likeness (QED) is 0.903. The Bertz CT molecular complexity index is 622. The van der Waals surface area contributed by atoms with Gasteiger partial charge in [-0.1, -0.05) is 13.0 Å². The third kappa shape index (κ3) is 2.78. The third-order valence-corrected chi connectivity index (χ3v) is 3.46.